The van der Waals surface area contributed by atoms with Crippen LogP contribution in [0.3, 0.4) is 0 Å². The number of carbonyl (C=O) groups is 2. The first-order chi connectivity index (χ1) is 5.11. The third-order valence-corrected chi connectivity index (χ3v) is 1.47. The number of allylic oxidation sites excluding steroid dienone is 3. The average Bonchev–Trinajstić information content (AvgIpc) is 1.94. The first kappa shape index (κ1) is 7.88. The third kappa shape index (κ3) is 1.62. The van der Waals surface area contributed by atoms with E-state index in [0.29, 0.717) is 5.57 Å². The summed E-state index contributed by atoms with van der Waals surface area (Å²) in [5.41, 5.74) is 5.83. The van der Waals surface area contributed by atoms with E-state index in [1.54, 1.807) is 6.92 Å². The molecule has 0 saturated heterocycles. The minimum absolute atomic E-state index is 0.167. The Balaban J connectivity index is 2.94. The fourth-order valence-corrected chi connectivity index (χ4v) is 0.882. The molecule has 0 radical (unpaired) electrons. The molecule has 1 rings (SSSR count). The van der Waals surface area contributed by atoms with Crippen LogP contribution >= 0.6 is 0 Å². The highest BCUT2D eigenvalue weighted by molar-refractivity contribution is 6.17. The summed E-state index contributed by atoms with van der Waals surface area (Å²) in [6.45, 7) is 1.68. The monoisotopic (exact) mass is 151 g/mol. The molecule has 11 heavy (non-hydrogen) atoms. The van der Waals surface area contributed by atoms with Gasteiger partial charge < -0.3 is 5.73 Å². The van der Waals surface area contributed by atoms with Crippen molar-refractivity contribution in [3.63, 3.8) is 0 Å². The van der Waals surface area contributed by atoms with E-state index >= 15 is 0 Å². The highest BCUT2D eigenvalue weighted by atomic mass is 16.1. The zero-order valence-corrected chi connectivity index (χ0v) is 6.20. The molecule has 0 amide bonds. The van der Waals surface area contributed by atoms with E-state index in [0.717, 1.165) is 0 Å². The minimum atomic E-state index is -0.364. The summed E-state index contributed by atoms with van der Waals surface area (Å²) in [5.74, 6) is -0.337. The highest BCUT2D eigenvalue weighted by Gasteiger charge is 2.15. The molecule has 0 aromatic carbocycles. The zero-order valence-electron chi connectivity index (χ0n) is 6.20. The van der Waals surface area contributed by atoms with Gasteiger partial charge in [0.25, 0.3) is 0 Å². The second-order valence-corrected chi connectivity index (χ2v) is 2.49. The van der Waals surface area contributed by atoms with Crippen LogP contribution in [0.15, 0.2) is 23.8 Å². The molecule has 3 nitrogen and oxygen atoms in total. The Labute approximate surface area is 64.6 Å². The maximum atomic E-state index is 11.0. The molecular formula is C8H9NO2. The van der Waals surface area contributed by atoms with Gasteiger partial charge in [-0.15, -0.1) is 0 Å². The summed E-state index contributed by atoms with van der Waals surface area (Å²) in [6.07, 6.45) is 3.78. The summed E-state index contributed by atoms with van der Waals surface area (Å²) in [4.78, 5) is 21.7. The van der Waals surface area contributed by atoms with Crippen molar-refractivity contribution in [2.45, 2.75) is 13.0 Å². The first-order valence-electron chi connectivity index (χ1n) is 3.35. The molecule has 0 heterocycles. The number of hydrogen-bond donors (Lipinski definition) is 1. The summed E-state index contributed by atoms with van der Waals surface area (Å²) in [7, 11) is 0. The second kappa shape index (κ2) is 2.80. The molecule has 1 aliphatic carbocycles. The van der Waals surface area contributed by atoms with Gasteiger partial charge in [-0.05, 0) is 25.2 Å². The van der Waals surface area contributed by atoms with E-state index in [4.69, 9.17) is 5.73 Å². The molecule has 2 N–H and O–H groups in total. The number of nitrogens with two attached hydrogens (primary N) is 1. The van der Waals surface area contributed by atoms with Crippen LogP contribution in [0, 0.1) is 0 Å². The van der Waals surface area contributed by atoms with Gasteiger partial charge in [-0.1, -0.05) is 0 Å². The molecule has 0 saturated carbocycles. The standard InChI is InChI=1S/C8H9NO2/c1-5(9)7-4-6(10)2-3-8(7)11/h2-5H,9H2,1H3. The fourth-order valence-electron chi connectivity index (χ4n) is 0.882. The van der Waals surface area contributed by atoms with Crippen LogP contribution in [-0.2, 0) is 9.59 Å². The molecule has 1 aliphatic rings. The summed E-state index contributed by atoms with van der Waals surface area (Å²) in [5, 5.41) is 0. The van der Waals surface area contributed by atoms with Crippen LogP contribution in [-0.4, -0.2) is 17.6 Å². The normalized spacial score (nSPS) is 20.0. The van der Waals surface area contributed by atoms with Gasteiger partial charge in [0.15, 0.2) is 11.6 Å². The van der Waals surface area contributed by atoms with Crippen molar-refractivity contribution in [1.29, 1.82) is 0 Å². The van der Waals surface area contributed by atoms with Crippen molar-refractivity contribution in [2.24, 2.45) is 5.73 Å². The molecule has 0 fully saturated rings. The van der Waals surface area contributed by atoms with Crippen molar-refractivity contribution in [3.05, 3.63) is 23.8 Å². The molecule has 0 aliphatic heterocycles. The van der Waals surface area contributed by atoms with Crippen LogP contribution in [0.2, 0.25) is 0 Å². The predicted molar refractivity (Wildman–Crippen MR) is 40.9 cm³/mol. The van der Waals surface area contributed by atoms with Crippen LogP contribution in [0.25, 0.3) is 0 Å². The Kier molecular flexibility index (Phi) is 2.01. The maximum absolute atomic E-state index is 11.0. The molecule has 58 valence electrons. The molecule has 0 spiro atoms. The fraction of sp³-hybridized carbons (Fsp3) is 0.250. The number of carbonyl (C=O) groups excluding carboxylic acids is 2. The Bertz CT molecular complexity index is 261. The van der Waals surface area contributed by atoms with Crippen molar-refractivity contribution in [2.75, 3.05) is 0 Å². The van der Waals surface area contributed by atoms with E-state index < -0.39 is 0 Å². The minimum Gasteiger partial charge on any atom is -0.324 e. The Morgan fingerprint density at radius 3 is 2.45 bits per heavy atom. The number of rotatable bonds is 1. The largest absolute Gasteiger partial charge is 0.324 e. The van der Waals surface area contributed by atoms with Gasteiger partial charge in [0.2, 0.25) is 0 Å². The summed E-state index contributed by atoms with van der Waals surface area (Å²) >= 11 is 0. The highest BCUT2D eigenvalue weighted by Crippen LogP contribution is 2.07. The van der Waals surface area contributed by atoms with Gasteiger partial charge in [-0.2, -0.15) is 0 Å². The quantitative estimate of drug-likeness (QED) is 0.535. The molecule has 1 atom stereocenters. The van der Waals surface area contributed by atoms with Gasteiger partial charge in [0.1, 0.15) is 0 Å². The van der Waals surface area contributed by atoms with Crippen LogP contribution in [0.1, 0.15) is 6.92 Å². The van der Waals surface area contributed by atoms with Crippen LogP contribution < -0.4 is 5.73 Å². The number of ketones is 2. The second-order valence-electron chi connectivity index (χ2n) is 2.49. The van der Waals surface area contributed by atoms with Gasteiger partial charge in [-0.3, -0.25) is 9.59 Å². The predicted octanol–water partition coefficient (Wildman–Crippen LogP) is -0.0320. The smallest absolute Gasteiger partial charge is 0.183 e. The molecular weight excluding hydrogens is 142 g/mol. The van der Waals surface area contributed by atoms with Gasteiger partial charge in [-0.25, -0.2) is 0 Å². The van der Waals surface area contributed by atoms with E-state index in [1.807, 2.05) is 0 Å². The zero-order chi connectivity index (χ0) is 8.43. The topological polar surface area (TPSA) is 60.2 Å². The van der Waals surface area contributed by atoms with Gasteiger partial charge >= 0.3 is 0 Å². The Hall–Kier alpha value is -1.22. The summed E-state index contributed by atoms with van der Waals surface area (Å²) in [6, 6.07) is -0.364. The maximum Gasteiger partial charge on any atom is 0.183 e. The van der Waals surface area contributed by atoms with E-state index in [1.165, 1.54) is 18.2 Å². The Morgan fingerprint density at radius 2 is 2.00 bits per heavy atom. The van der Waals surface area contributed by atoms with Crippen molar-refractivity contribution in [3.8, 4) is 0 Å². The molecule has 1 unspecified atom stereocenters. The lowest BCUT2D eigenvalue weighted by Crippen LogP contribution is -2.25. The molecule has 0 aromatic rings. The SMILES string of the molecule is CC(N)C1=CC(=O)C=CC1=O. The van der Waals surface area contributed by atoms with E-state index in [2.05, 4.69) is 0 Å². The van der Waals surface area contributed by atoms with Gasteiger partial charge in [0, 0.05) is 11.6 Å². The van der Waals surface area contributed by atoms with Crippen LogP contribution in [0.5, 0.6) is 0 Å². The van der Waals surface area contributed by atoms with E-state index in [9.17, 15) is 9.59 Å². The van der Waals surface area contributed by atoms with Crippen molar-refractivity contribution < 1.29 is 9.59 Å². The lowest BCUT2D eigenvalue weighted by molar-refractivity contribution is -0.114. The van der Waals surface area contributed by atoms with Gasteiger partial charge in [0.05, 0.1) is 0 Å². The third-order valence-electron chi connectivity index (χ3n) is 1.47. The molecule has 3 heteroatoms. The van der Waals surface area contributed by atoms with Crippen LogP contribution in [0.4, 0.5) is 0 Å². The van der Waals surface area contributed by atoms with E-state index in [-0.39, 0.29) is 17.6 Å². The molecule has 0 aromatic heterocycles. The summed E-state index contributed by atoms with van der Waals surface area (Å²) < 4.78 is 0. The van der Waals surface area contributed by atoms with Crippen molar-refractivity contribution in [1.82, 2.24) is 0 Å². The lowest BCUT2D eigenvalue weighted by atomic mass is 9.98. The first-order valence-corrected chi connectivity index (χ1v) is 3.35. The average molecular weight is 151 g/mol. The number of hydrogen-bond acceptors (Lipinski definition) is 3. The Morgan fingerprint density at radius 1 is 1.36 bits per heavy atom. The molecule has 0 bridgehead atoms. The van der Waals surface area contributed by atoms with Crippen molar-refractivity contribution >= 4 is 11.6 Å². The lowest BCUT2D eigenvalue weighted by Gasteiger charge is -2.09.